The van der Waals surface area contributed by atoms with Gasteiger partial charge >= 0.3 is 0 Å². The molecule has 3 aromatic rings. The van der Waals surface area contributed by atoms with Crippen molar-refractivity contribution in [2.75, 3.05) is 0 Å². The molecule has 3 nitrogen and oxygen atoms in total. The summed E-state index contributed by atoms with van der Waals surface area (Å²) in [6, 6.07) is 15.9. The molecule has 1 amide bonds. The molecule has 1 aromatic carbocycles. The molecule has 0 aliphatic heterocycles. The lowest BCUT2D eigenvalue weighted by molar-refractivity contribution is -0.116. The third-order valence-corrected chi connectivity index (χ3v) is 4.71. The molecule has 1 N–H and O–H groups in total. The number of hydrogen-bond donors (Lipinski definition) is 1. The number of carbonyl (C=O) groups excluding carboxylic acids is 1. The van der Waals surface area contributed by atoms with Crippen LogP contribution in [0.3, 0.4) is 0 Å². The zero-order chi connectivity index (χ0) is 16.8. The van der Waals surface area contributed by atoms with Gasteiger partial charge in [-0.05, 0) is 47.2 Å². The Morgan fingerprint density at radius 3 is 2.67 bits per heavy atom. The number of rotatable bonds is 6. The largest absolute Gasteiger partial charge is 0.465 e. The second kappa shape index (κ2) is 7.79. The Bertz CT molecular complexity index is 787. The smallest absolute Gasteiger partial charge is 0.244 e. The summed E-state index contributed by atoms with van der Waals surface area (Å²) in [5.74, 6) is 0.509. The minimum absolute atomic E-state index is 0.148. The van der Waals surface area contributed by atoms with E-state index >= 15 is 0 Å². The SMILES string of the molecule is CCc1ccc([C@H](NC(=O)/C=C/c2ccco2)c2cccs2)cc1. The van der Waals surface area contributed by atoms with E-state index in [0.29, 0.717) is 5.76 Å². The molecule has 24 heavy (non-hydrogen) atoms. The van der Waals surface area contributed by atoms with E-state index in [0.717, 1.165) is 16.9 Å². The van der Waals surface area contributed by atoms with Crippen molar-refractivity contribution in [3.05, 3.63) is 88.0 Å². The summed E-state index contributed by atoms with van der Waals surface area (Å²) >= 11 is 1.64. The molecule has 0 aliphatic rings. The summed E-state index contributed by atoms with van der Waals surface area (Å²) in [4.78, 5) is 13.4. The molecule has 2 aromatic heterocycles. The van der Waals surface area contributed by atoms with Crippen LogP contribution in [-0.4, -0.2) is 5.91 Å². The average molecular weight is 337 g/mol. The van der Waals surface area contributed by atoms with Crippen molar-refractivity contribution in [3.63, 3.8) is 0 Å². The number of benzene rings is 1. The van der Waals surface area contributed by atoms with Crippen molar-refractivity contribution in [2.45, 2.75) is 19.4 Å². The van der Waals surface area contributed by atoms with Crippen LogP contribution in [0.15, 0.2) is 70.7 Å². The highest BCUT2D eigenvalue weighted by Gasteiger charge is 2.16. The van der Waals surface area contributed by atoms with Gasteiger partial charge in [0.15, 0.2) is 0 Å². The van der Waals surface area contributed by atoms with Gasteiger partial charge in [-0.2, -0.15) is 0 Å². The number of amides is 1. The minimum atomic E-state index is -0.149. The molecule has 0 aliphatic carbocycles. The maximum Gasteiger partial charge on any atom is 0.244 e. The molecule has 122 valence electrons. The molecule has 3 rings (SSSR count). The lowest BCUT2D eigenvalue weighted by Crippen LogP contribution is -2.27. The Morgan fingerprint density at radius 2 is 2.04 bits per heavy atom. The first-order chi connectivity index (χ1) is 11.8. The van der Waals surface area contributed by atoms with Crippen molar-refractivity contribution >= 4 is 23.3 Å². The molecule has 0 unspecified atom stereocenters. The lowest BCUT2D eigenvalue weighted by Gasteiger charge is -2.17. The zero-order valence-electron chi connectivity index (χ0n) is 13.4. The van der Waals surface area contributed by atoms with Crippen LogP contribution in [0.5, 0.6) is 0 Å². The number of furan rings is 1. The van der Waals surface area contributed by atoms with Crippen molar-refractivity contribution in [1.82, 2.24) is 5.32 Å². The van der Waals surface area contributed by atoms with E-state index < -0.39 is 0 Å². The standard InChI is InChI=1S/C20H19NO2S/c1-2-15-7-9-16(10-8-15)20(18-6-4-14-24-18)21-19(22)12-11-17-5-3-13-23-17/h3-14,20H,2H2,1H3,(H,21,22)/b12-11+/t20-/m0/s1. The second-order valence-corrected chi connectivity index (χ2v) is 6.38. The number of thiophene rings is 1. The molecule has 2 heterocycles. The first kappa shape index (κ1) is 16.3. The highest BCUT2D eigenvalue weighted by molar-refractivity contribution is 7.10. The highest BCUT2D eigenvalue weighted by Crippen LogP contribution is 2.26. The van der Waals surface area contributed by atoms with Gasteiger partial charge in [0.25, 0.3) is 0 Å². The minimum Gasteiger partial charge on any atom is -0.465 e. The third kappa shape index (κ3) is 4.03. The van der Waals surface area contributed by atoms with Gasteiger partial charge in [-0.3, -0.25) is 4.79 Å². The molecule has 0 spiro atoms. The van der Waals surface area contributed by atoms with Crippen molar-refractivity contribution < 1.29 is 9.21 Å². The molecule has 0 saturated carbocycles. The van der Waals surface area contributed by atoms with Crippen LogP contribution in [0, 0.1) is 0 Å². The summed E-state index contributed by atoms with van der Waals surface area (Å²) < 4.78 is 5.21. The van der Waals surface area contributed by atoms with E-state index in [1.165, 1.54) is 11.6 Å². The van der Waals surface area contributed by atoms with Gasteiger partial charge in [-0.1, -0.05) is 37.3 Å². The van der Waals surface area contributed by atoms with Gasteiger partial charge < -0.3 is 9.73 Å². The fourth-order valence-corrected chi connectivity index (χ4v) is 3.26. The molecule has 4 heteroatoms. The number of hydrogen-bond acceptors (Lipinski definition) is 3. The van der Waals surface area contributed by atoms with Crippen LogP contribution in [-0.2, 0) is 11.2 Å². The summed E-state index contributed by atoms with van der Waals surface area (Å²) in [5.41, 5.74) is 2.36. The van der Waals surface area contributed by atoms with Crippen LogP contribution < -0.4 is 5.32 Å². The predicted octanol–water partition coefficient (Wildman–Crippen LogP) is 4.82. The van der Waals surface area contributed by atoms with E-state index in [2.05, 4.69) is 36.5 Å². The third-order valence-electron chi connectivity index (χ3n) is 3.78. The molecule has 0 saturated heterocycles. The van der Waals surface area contributed by atoms with Crippen molar-refractivity contribution in [1.29, 1.82) is 0 Å². The molecular weight excluding hydrogens is 318 g/mol. The van der Waals surface area contributed by atoms with Crippen LogP contribution >= 0.6 is 11.3 Å². The summed E-state index contributed by atoms with van der Waals surface area (Å²) in [5, 5.41) is 5.10. The van der Waals surface area contributed by atoms with Crippen LogP contribution in [0.2, 0.25) is 0 Å². The van der Waals surface area contributed by atoms with E-state index in [1.807, 2.05) is 23.6 Å². The first-order valence-electron chi connectivity index (χ1n) is 7.90. The fraction of sp³-hybridized carbons (Fsp3) is 0.150. The summed E-state index contributed by atoms with van der Waals surface area (Å²) in [6.45, 7) is 2.13. The van der Waals surface area contributed by atoms with Gasteiger partial charge in [0.05, 0.1) is 12.3 Å². The number of carbonyl (C=O) groups is 1. The van der Waals surface area contributed by atoms with Gasteiger partial charge in [-0.15, -0.1) is 11.3 Å². The summed E-state index contributed by atoms with van der Waals surface area (Å²) in [7, 11) is 0. The van der Waals surface area contributed by atoms with E-state index in [9.17, 15) is 4.79 Å². The number of nitrogens with one attached hydrogen (secondary N) is 1. The monoisotopic (exact) mass is 337 g/mol. The van der Waals surface area contributed by atoms with Gasteiger partial charge in [0, 0.05) is 11.0 Å². The lowest BCUT2D eigenvalue weighted by atomic mass is 10.0. The Hall–Kier alpha value is -2.59. The quantitative estimate of drug-likeness (QED) is 0.655. The summed E-state index contributed by atoms with van der Waals surface area (Å²) in [6.07, 6.45) is 5.75. The maximum atomic E-state index is 12.3. The van der Waals surface area contributed by atoms with Crippen LogP contribution in [0.1, 0.15) is 34.7 Å². The van der Waals surface area contributed by atoms with Crippen molar-refractivity contribution in [3.8, 4) is 0 Å². The van der Waals surface area contributed by atoms with Crippen LogP contribution in [0.25, 0.3) is 6.08 Å². The van der Waals surface area contributed by atoms with Crippen LogP contribution in [0.4, 0.5) is 0 Å². The fourth-order valence-electron chi connectivity index (χ4n) is 2.45. The Balaban J connectivity index is 1.78. The predicted molar refractivity (Wildman–Crippen MR) is 97.9 cm³/mol. The molecule has 0 fully saturated rings. The Labute approximate surface area is 145 Å². The van der Waals surface area contributed by atoms with Gasteiger partial charge in [0.2, 0.25) is 5.91 Å². The highest BCUT2D eigenvalue weighted by atomic mass is 32.1. The average Bonchev–Trinajstić information content (AvgIpc) is 3.31. The maximum absolute atomic E-state index is 12.3. The van der Waals surface area contributed by atoms with E-state index in [1.54, 1.807) is 29.7 Å². The second-order valence-electron chi connectivity index (χ2n) is 5.40. The van der Waals surface area contributed by atoms with E-state index in [-0.39, 0.29) is 11.9 Å². The normalized spacial score (nSPS) is 12.4. The van der Waals surface area contributed by atoms with Crippen molar-refractivity contribution in [2.24, 2.45) is 0 Å². The molecular formula is C20H19NO2S. The Morgan fingerprint density at radius 1 is 1.21 bits per heavy atom. The molecule has 1 atom stereocenters. The van der Waals surface area contributed by atoms with Gasteiger partial charge in [0.1, 0.15) is 5.76 Å². The first-order valence-corrected chi connectivity index (χ1v) is 8.78. The molecule has 0 radical (unpaired) electrons. The Kier molecular flexibility index (Phi) is 5.29. The topological polar surface area (TPSA) is 42.2 Å². The van der Waals surface area contributed by atoms with E-state index in [4.69, 9.17) is 4.42 Å². The zero-order valence-corrected chi connectivity index (χ0v) is 14.3. The molecule has 0 bridgehead atoms. The number of aryl methyl sites for hydroxylation is 1. The van der Waals surface area contributed by atoms with Gasteiger partial charge in [-0.25, -0.2) is 0 Å².